The highest BCUT2D eigenvalue weighted by atomic mass is 32.1. The first-order chi connectivity index (χ1) is 35.7. The highest BCUT2D eigenvalue weighted by Crippen LogP contribution is 2.40. The van der Waals surface area contributed by atoms with Gasteiger partial charge in [0.05, 0.1) is 76.7 Å². The van der Waals surface area contributed by atoms with Crippen LogP contribution in [0, 0.1) is 24.2 Å². The summed E-state index contributed by atoms with van der Waals surface area (Å²) in [6.45, 7) is 11.8. The van der Waals surface area contributed by atoms with E-state index in [2.05, 4.69) is 15.4 Å². The maximum Gasteiger partial charge on any atom is 0.417 e. The Kier molecular flexibility index (Phi) is 16.3. The van der Waals surface area contributed by atoms with Crippen LogP contribution < -0.4 is 29.3 Å². The maximum atomic E-state index is 14.3. The first-order valence-corrected chi connectivity index (χ1v) is 25.8. The summed E-state index contributed by atoms with van der Waals surface area (Å²) in [7, 11) is 0. The van der Waals surface area contributed by atoms with Gasteiger partial charge in [-0.15, -0.1) is 11.3 Å². The minimum Gasteiger partial charge on any atom is -0.494 e. The lowest BCUT2D eigenvalue weighted by molar-refractivity contribution is -0.142. The van der Waals surface area contributed by atoms with Crippen LogP contribution in [0.15, 0.2) is 109 Å². The van der Waals surface area contributed by atoms with Crippen molar-refractivity contribution in [3.05, 3.63) is 131 Å². The number of rotatable bonds is 19. The van der Waals surface area contributed by atoms with Gasteiger partial charge in [-0.2, -0.15) is 23.5 Å². The third kappa shape index (κ3) is 12.0. The molecule has 0 saturated carbocycles. The number of amides is 3. The molecule has 0 radical (unpaired) electrons. The zero-order valence-corrected chi connectivity index (χ0v) is 43.8. The summed E-state index contributed by atoms with van der Waals surface area (Å²) in [5, 5.41) is 27.5. The largest absolute Gasteiger partial charge is 0.494 e. The second-order valence-corrected chi connectivity index (χ2v) is 20.6. The average Bonchev–Trinajstić information content (AvgIpc) is 4.17. The molecule has 2 aliphatic rings. The molecule has 75 heavy (non-hydrogen) atoms. The first kappa shape index (κ1) is 53.9. The third-order valence-corrected chi connectivity index (χ3v) is 14.5. The Balaban J connectivity index is 0.787. The number of thiazole rings is 1. The lowest BCUT2D eigenvalue weighted by Crippen LogP contribution is -2.49. The van der Waals surface area contributed by atoms with Gasteiger partial charge in [0.2, 0.25) is 11.8 Å². The highest BCUT2D eigenvalue weighted by molar-refractivity contribution is 7.81. The van der Waals surface area contributed by atoms with Gasteiger partial charge >= 0.3 is 6.18 Å². The van der Waals surface area contributed by atoms with E-state index in [4.69, 9.17) is 26.4 Å². The minimum atomic E-state index is -4.80. The van der Waals surface area contributed by atoms with Crippen LogP contribution in [0.4, 0.5) is 24.5 Å². The lowest BCUT2D eigenvalue weighted by atomic mass is 10.0. The number of unbranched alkanes of at least 4 members (excludes halogenated alkanes) is 2. The van der Waals surface area contributed by atoms with Gasteiger partial charge in [0.1, 0.15) is 34.9 Å². The molecule has 8 rings (SSSR count). The van der Waals surface area contributed by atoms with E-state index in [-0.39, 0.29) is 47.5 Å². The zero-order chi connectivity index (χ0) is 53.8. The Morgan fingerprint density at radius 3 is 2.27 bits per heavy atom. The van der Waals surface area contributed by atoms with Gasteiger partial charge in [-0.1, -0.05) is 44.2 Å². The molecule has 4 heterocycles. The van der Waals surface area contributed by atoms with E-state index in [1.54, 1.807) is 83.4 Å². The zero-order valence-electron chi connectivity index (χ0n) is 42.2. The average molecular weight is 1060 g/mol. The number of aromatic nitrogens is 3. The number of hydrogen-bond acceptors (Lipinski definition) is 12. The topological polar surface area (TPSA) is 175 Å². The number of anilines is 2. The van der Waals surface area contributed by atoms with Crippen molar-refractivity contribution in [2.24, 2.45) is 5.92 Å². The minimum absolute atomic E-state index is 0.00211. The number of carbonyl (C=O) groups excluding carboxylic acids is 3. The summed E-state index contributed by atoms with van der Waals surface area (Å²) in [4.78, 5) is 51.1. The second kappa shape index (κ2) is 22.6. The number of nitriles is 1. The molecule has 6 aromatic rings. The molecule has 2 aromatic heterocycles. The fourth-order valence-corrected chi connectivity index (χ4v) is 10.6. The first-order valence-electron chi connectivity index (χ1n) is 24.5. The standard InChI is InChI=1S/C55H57F3N8O7S2/c1-33(2)48(51(69)63-30-41(67)26-47(63)50(68)62-34(3)36-13-15-37(16-14-36)49-35(4)60-32-75-49)64-31-45(29-61-64)73-44-12-10-11-43(27-44)72-24-9-7-8-23-71-42-21-19-39(20-22-42)66-53(74)65(52(70)54(66,5)6)40-18-17-38(28-59)46(25-40)55(56,57)58/h10-22,25,27,29,31-34,41,47-48,67H,7-9,23-24,26,30H2,1-6H3,(H,62,68)/t34?,41-,47+,48?/m1/s1. The van der Waals surface area contributed by atoms with Gasteiger partial charge in [0.25, 0.3) is 5.91 Å². The number of hydrogen-bond donors (Lipinski definition) is 2. The summed E-state index contributed by atoms with van der Waals surface area (Å²) in [5.41, 5.74) is 2.28. The number of alkyl halides is 3. The molecule has 4 aromatic carbocycles. The van der Waals surface area contributed by atoms with E-state index in [0.717, 1.165) is 58.0 Å². The smallest absolute Gasteiger partial charge is 0.417 e. The highest BCUT2D eigenvalue weighted by Gasteiger charge is 2.51. The number of halogens is 3. The predicted octanol–water partition coefficient (Wildman–Crippen LogP) is 10.6. The number of β-amino-alcohol motifs (C(OH)–C–C–N with tert-alkyl or cyclic N) is 1. The van der Waals surface area contributed by atoms with Crippen LogP contribution in [0.25, 0.3) is 10.4 Å². The molecule has 2 unspecified atom stereocenters. The van der Waals surface area contributed by atoms with Crippen molar-refractivity contribution in [1.82, 2.24) is 25.0 Å². The van der Waals surface area contributed by atoms with Crippen molar-refractivity contribution in [2.75, 3.05) is 29.6 Å². The van der Waals surface area contributed by atoms with E-state index < -0.39 is 46.9 Å². The van der Waals surface area contributed by atoms with Crippen LogP contribution in [0.5, 0.6) is 23.0 Å². The fraction of sp³-hybridized carbons (Fsp3) is 0.364. The summed E-state index contributed by atoms with van der Waals surface area (Å²) in [6.07, 6.45) is -0.0637. The van der Waals surface area contributed by atoms with E-state index in [0.29, 0.717) is 41.9 Å². The summed E-state index contributed by atoms with van der Waals surface area (Å²) in [6, 6.07) is 24.8. The van der Waals surface area contributed by atoms with E-state index >= 15 is 0 Å². The van der Waals surface area contributed by atoms with Crippen molar-refractivity contribution >= 4 is 57.8 Å². The van der Waals surface area contributed by atoms with Crippen molar-refractivity contribution in [2.45, 2.75) is 103 Å². The summed E-state index contributed by atoms with van der Waals surface area (Å²) >= 11 is 7.22. The molecule has 2 fully saturated rings. The fourth-order valence-electron chi connectivity index (χ4n) is 9.28. The maximum absolute atomic E-state index is 14.3. The summed E-state index contributed by atoms with van der Waals surface area (Å²) in [5.74, 6) is 0.697. The van der Waals surface area contributed by atoms with Crippen LogP contribution in [0.1, 0.15) is 94.8 Å². The molecule has 2 aliphatic heterocycles. The van der Waals surface area contributed by atoms with Crippen LogP contribution in [0.2, 0.25) is 0 Å². The lowest BCUT2D eigenvalue weighted by Gasteiger charge is -2.30. The second-order valence-electron chi connectivity index (χ2n) is 19.3. The van der Waals surface area contributed by atoms with Crippen molar-refractivity contribution < 1.29 is 46.9 Å². The van der Waals surface area contributed by atoms with Gasteiger partial charge in [0.15, 0.2) is 10.9 Å². The number of nitrogens with one attached hydrogen (secondary N) is 1. The quantitative estimate of drug-likeness (QED) is 0.0581. The van der Waals surface area contributed by atoms with E-state index in [9.17, 15) is 37.9 Å². The van der Waals surface area contributed by atoms with Gasteiger partial charge in [-0.25, -0.2) is 4.98 Å². The van der Waals surface area contributed by atoms with Gasteiger partial charge < -0.3 is 34.4 Å². The van der Waals surface area contributed by atoms with Crippen molar-refractivity contribution in [3.63, 3.8) is 0 Å². The van der Waals surface area contributed by atoms with E-state index in [1.165, 1.54) is 17.2 Å². The van der Waals surface area contributed by atoms with Gasteiger partial charge in [0, 0.05) is 24.7 Å². The molecule has 392 valence electrons. The Labute approximate surface area is 442 Å². The number of benzene rings is 4. The molecule has 3 amide bonds. The molecule has 20 heteroatoms. The molecule has 15 nitrogen and oxygen atoms in total. The molecule has 4 atom stereocenters. The van der Waals surface area contributed by atoms with Gasteiger partial charge in [-0.05, 0) is 131 Å². The summed E-state index contributed by atoms with van der Waals surface area (Å²) < 4.78 is 61.0. The number of aliphatic hydroxyl groups is 1. The molecule has 0 spiro atoms. The van der Waals surface area contributed by atoms with Crippen LogP contribution in [-0.4, -0.2) is 85.0 Å². The number of aliphatic hydroxyl groups excluding tert-OH is 1. The van der Waals surface area contributed by atoms with E-state index in [1.807, 2.05) is 69.6 Å². The van der Waals surface area contributed by atoms with Crippen LogP contribution in [-0.2, 0) is 20.6 Å². The normalized spacial score (nSPS) is 17.3. The Morgan fingerprint density at radius 1 is 0.933 bits per heavy atom. The number of thiocarbonyl (C=S) groups is 1. The number of nitrogens with zero attached hydrogens (tertiary/aromatic N) is 7. The molecule has 2 saturated heterocycles. The monoisotopic (exact) mass is 1060 g/mol. The molecule has 0 aliphatic carbocycles. The number of aryl methyl sites for hydroxylation is 1. The van der Waals surface area contributed by atoms with Crippen LogP contribution in [0.3, 0.4) is 0 Å². The number of carbonyl (C=O) groups is 3. The SMILES string of the molecule is Cc1ncsc1-c1ccc(C(C)NC(=O)[C@@H]2C[C@@H](O)CN2C(=O)C(C(C)C)n2cc(Oc3cccc(OCCCCCOc4ccc(N5C(=S)N(c6ccc(C#N)c(C(F)(F)F)c6)C(=O)C5(C)C)cc4)c3)cn2)cc1. The number of ether oxygens (including phenoxy) is 3. The molecule has 2 N–H and O–H groups in total. The molecular formula is C55H57F3N8O7S2. The molecule has 0 bridgehead atoms. The van der Waals surface area contributed by atoms with Crippen LogP contribution >= 0.6 is 23.6 Å². The third-order valence-electron chi connectivity index (χ3n) is 13.2. The molecular weight excluding hydrogens is 1010 g/mol. The predicted molar refractivity (Wildman–Crippen MR) is 282 cm³/mol. The Hall–Kier alpha value is -7.34. The van der Waals surface area contributed by atoms with Crippen molar-refractivity contribution in [3.8, 4) is 39.5 Å². The Morgan fingerprint density at radius 2 is 1.61 bits per heavy atom. The van der Waals surface area contributed by atoms with Crippen molar-refractivity contribution in [1.29, 1.82) is 5.26 Å². The Bertz CT molecular complexity index is 3080. The number of likely N-dealkylation sites (tertiary alicyclic amines) is 1. The van der Waals surface area contributed by atoms with Gasteiger partial charge in [-0.3, -0.25) is 24.0 Å².